The molecule has 0 aliphatic rings. The summed E-state index contributed by atoms with van der Waals surface area (Å²) in [6.45, 7) is 5.86. The third-order valence-electron chi connectivity index (χ3n) is 3.66. The lowest BCUT2D eigenvalue weighted by Crippen LogP contribution is -2.17. The van der Waals surface area contributed by atoms with Gasteiger partial charge in [0.1, 0.15) is 12.4 Å². The Kier molecular flexibility index (Phi) is 7.92. The van der Waals surface area contributed by atoms with Gasteiger partial charge in [0.2, 0.25) is 0 Å². The van der Waals surface area contributed by atoms with Crippen LogP contribution in [0.4, 0.5) is 0 Å². The highest BCUT2D eigenvalue weighted by atomic mass is 35.5. The molecular weight excluding hydrogens is 369 g/mol. The second-order valence-electron chi connectivity index (χ2n) is 5.77. The van der Waals surface area contributed by atoms with E-state index in [1.807, 2.05) is 25.3 Å². The van der Waals surface area contributed by atoms with Gasteiger partial charge in [-0.1, -0.05) is 41.4 Å². The van der Waals surface area contributed by atoms with Crippen molar-refractivity contribution in [2.75, 3.05) is 26.7 Å². The van der Waals surface area contributed by atoms with E-state index in [0.29, 0.717) is 33.5 Å². The van der Waals surface area contributed by atoms with Gasteiger partial charge >= 0.3 is 0 Å². The third kappa shape index (κ3) is 6.03. The van der Waals surface area contributed by atoms with Crippen LogP contribution < -0.4 is 4.74 Å². The molecular formula is C21H21Cl2NO2. The average molecular weight is 390 g/mol. The lowest BCUT2D eigenvalue weighted by atomic mass is 10.0. The molecule has 0 fully saturated rings. The number of carbonyl (C=O) groups is 1. The normalized spacial score (nSPS) is 11.1. The number of hydrogen-bond acceptors (Lipinski definition) is 3. The molecule has 0 heterocycles. The van der Waals surface area contributed by atoms with Crippen LogP contribution in [0.3, 0.4) is 0 Å². The fourth-order valence-electron chi connectivity index (χ4n) is 2.29. The first-order valence-electron chi connectivity index (χ1n) is 8.18. The summed E-state index contributed by atoms with van der Waals surface area (Å²) in [7, 11) is 2.02. The molecule has 0 bridgehead atoms. The molecule has 2 rings (SSSR count). The van der Waals surface area contributed by atoms with Crippen LogP contribution >= 0.6 is 23.2 Å². The number of rotatable bonds is 9. The highest BCUT2D eigenvalue weighted by Crippen LogP contribution is 2.24. The van der Waals surface area contributed by atoms with Crippen LogP contribution in [0.15, 0.2) is 67.3 Å². The van der Waals surface area contributed by atoms with Crippen molar-refractivity contribution in [1.82, 2.24) is 4.90 Å². The number of ketones is 1. The molecule has 0 saturated carbocycles. The van der Waals surface area contributed by atoms with Gasteiger partial charge in [0.25, 0.3) is 0 Å². The lowest BCUT2D eigenvalue weighted by molar-refractivity contribution is 0.103. The smallest absolute Gasteiger partial charge is 0.194 e. The van der Waals surface area contributed by atoms with Gasteiger partial charge in [-0.15, -0.1) is 6.58 Å². The van der Waals surface area contributed by atoms with Gasteiger partial charge in [0.15, 0.2) is 5.78 Å². The van der Waals surface area contributed by atoms with E-state index in [-0.39, 0.29) is 5.78 Å². The number of benzene rings is 2. The molecule has 2 aromatic carbocycles. The molecule has 2 aromatic rings. The molecule has 0 aliphatic carbocycles. The monoisotopic (exact) mass is 389 g/mol. The minimum absolute atomic E-state index is 0.150. The standard InChI is InChI=1S/C21H21Cl2NO2/c1-3-12-24(2)13-4-5-14-26-18-9-6-16(7-10-18)21(25)19-11-8-17(22)15-20(19)23/h3-11,15H,1,12-14H2,2H3/b5-4+. The van der Waals surface area contributed by atoms with Crippen molar-refractivity contribution in [3.63, 3.8) is 0 Å². The fraction of sp³-hybridized carbons (Fsp3) is 0.190. The molecule has 0 unspecified atom stereocenters. The zero-order chi connectivity index (χ0) is 18.9. The lowest BCUT2D eigenvalue weighted by Gasteiger charge is -2.10. The number of likely N-dealkylation sites (N-methyl/N-ethyl adjacent to an activating group) is 1. The molecule has 136 valence electrons. The topological polar surface area (TPSA) is 29.5 Å². The summed E-state index contributed by atoms with van der Waals surface area (Å²) in [5.41, 5.74) is 0.972. The van der Waals surface area contributed by atoms with Crippen LogP contribution in [0.2, 0.25) is 10.0 Å². The quantitative estimate of drug-likeness (QED) is 0.431. The summed E-state index contributed by atoms with van der Waals surface area (Å²) in [5, 5.41) is 0.841. The number of carbonyl (C=O) groups excluding carboxylic acids is 1. The molecule has 0 spiro atoms. The second kappa shape index (κ2) is 10.2. The van der Waals surface area contributed by atoms with Gasteiger partial charge in [-0.05, 0) is 49.5 Å². The van der Waals surface area contributed by atoms with E-state index < -0.39 is 0 Å². The molecule has 26 heavy (non-hydrogen) atoms. The molecule has 0 saturated heterocycles. The van der Waals surface area contributed by atoms with Crippen LogP contribution in [0.25, 0.3) is 0 Å². The number of nitrogens with zero attached hydrogens (tertiary/aromatic N) is 1. The van der Waals surface area contributed by atoms with Gasteiger partial charge in [-0.2, -0.15) is 0 Å². The highest BCUT2D eigenvalue weighted by molar-refractivity contribution is 6.37. The van der Waals surface area contributed by atoms with E-state index in [1.54, 1.807) is 42.5 Å². The second-order valence-corrected chi connectivity index (χ2v) is 6.61. The molecule has 0 amide bonds. The van der Waals surface area contributed by atoms with Crippen LogP contribution in [-0.2, 0) is 0 Å². The summed E-state index contributed by atoms with van der Waals surface area (Å²) < 4.78 is 5.65. The Morgan fingerprint density at radius 2 is 1.85 bits per heavy atom. The predicted molar refractivity (Wildman–Crippen MR) is 109 cm³/mol. The first-order chi connectivity index (χ1) is 12.5. The van der Waals surface area contributed by atoms with E-state index in [4.69, 9.17) is 27.9 Å². The molecule has 5 heteroatoms. The number of ether oxygens (including phenoxy) is 1. The van der Waals surface area contributed by atoms with Crippen molar-refractivity contribution in [1.29, 1.82) is 0 Å². The Morgan fingerprint density at radius 1 is 1.12 bits per heavy atom. The van der Waals surface area contributed by atoms with E-state index in [2.05, 4.69) is 11.5 Å². The molecule has 3 nitrogen and oxygen atoms in total. The third-order valence-corrected chi connectivity index (χ3v) is 4.21. The van der Waals surface area contributed by atoms with Crippen molar-refractivity contribution in [3.05, 3.63) is 88.4 Å². The van der Waals surface area contributed by atoms with Gasteiger partial charge in [0.05, 0.1) is 5.02 Å². The molecule has 0 aliphatic heterocycles. The van der Waals surface area contributed by atoms with Crippen LogP contribution in [-0.4, -0.2) is 37.4 Å². The van der Waals surface area contributed by atoms with Gasteiger partial charge in [-0.3, -0.25) is 9.69 Å². The van der Waals surface area contributed by atoms with Crippen molar-refractivity contribution in [2.24, 2.45) is 0 Å². The molecule has 0 radical (unpaired) electrons. The van der Waals surface area contributed by atoms with Crippen LogP contribution in [0, 0.1) is 0 Å². The van der Waals surface area contributed by atoms with Gasteiger partial charge in [-0.25, -0.2) is 0 Å². The summed E-state index contributed by atoms with van der Waals surface area (Å²) in [5.74, 6) is 0.552. The van der Waals surface area contributed by atoms with Gasteiger partial charge < -0.3 is 4.74 Å². The van der Waals surface area contributed by atoms with Crippen molar-refractivity contribution in [3.8, 4) is 5.75 Å². The van der Waals surface area contributed by atoms with E-state index in [0.717, 1.165) is 13.1 Å². The zero-order valence-corrected chi connectivity index (χ0v) is 16.1. The highest BCUT2D eigenvalue weighted by Gasteiger charge is 2.13. The predicted octanol–water partition coefficient (Wildman–Crippen LogP) is 5.28. The van der Waals surface area contributed by atoms with E-state index in [9.17, 15) is 4.79 Å². The number of hydrogen-bond donors (Lipinski definition) is 0. The largest absolute Gasteiger partial charge is 0.490 e. The van der Waals surface area contributed by atoms with Crippen molar-refractivity contribution in [2.45, 2.75) is 0 Å². The number of halogens is 2. The van der Waals surface area contributed by atoms with Crippen molar-refractivity contribution < 1.29 is 9.53 Å². The maximum atomic E-state index is 12.5. The maximum Gasteiger partial charge on any atom is 0.194 e. The Hall–Kier alpha value is -2.07. The Balaban J connectivity index is 1.90. The molecule has 0 atom stereocenters. The first kappa shape index (κ1) is 20.2. The fourth-order valence-corrected chi connectivity index (χ4v) is 2.79. The van der Waals surface area contributed by atoms with Crippen molar-refractivity contribution >= 4 is 29.0 Å². The summed E-state index contributed by atoms with van der Waals surface area (Å²) in [6, 6.07) is 11.8. The first-order valence-corrected chi connectivity index (χ1v) is 8.94. The molecule has 0 aromatic heterocycles. The average Bonchev–Trinajstić information content (AvgIpc) is 2.62. The summed E-state index contributed by atoms with van der Waals surface area (Å²) in [6.07, 6.45) is 5.88. The van der Waals surface area contributed by atoms with Crippen LogP contribution in [0.1, 0.15) is 15.9 Å². The molecule has 0 N–H and O–H groups in total. The SMILES string of the molecule is C=CCN(C)C/C=C/COc1ccc(C(=O)c2ccc(Cl)cc2Cl)cc1. The van der Waals surface area contributed by atoms with E-state index >= 15 is 0 Å². The summed E-state index contributed by atoms with van der Waals surface area (Å²) >= 11 is 12.0. The summed E-state index contributed by atoms with van der Waals surface area (Å²) in [4.78, 5) is 14.6. The minimum atomic E-state index is -0.150. The van der Waals surface area contributed by atoms with Crippen LogP contribution in [0.5, 0.6) is 5.75 Å². The minimum Gasteiger partial charge on any atom is -0.490 e. The van der Waals surface area contributed by atoms with E-state index in [1.165, 1.54) is 0 Å². The zero-order valence-electron chi connectivity index (χ0n) is 14.6. The Morgan fingerprint density at radius 3 is 2.50 bits per heavy atom. The maximum absolute atomic E-state index is 12.5. The van der Waals surface area contributed by atoms with Gasteiger partial charge in [0, 0.05) is 29.2 Å². The Bertz CT molecular complexity index is 785. The Labute approximate surface area is 164 Å².